The van der Waals surface area contributed by atoms with Gasteiger partial charge in [-0.05, 0) is 68.3 Å². The van der Waals surface area contributed by atoms with Crippen LogP contribution in [0.1, 0.15) is 27.9 Å². The average molecular weight is 587 g/mol. The summed E-state index contributed by atoms with van der Waals surface area (Å²) in [5, 5.41) is 12.4. The van der Waals surface area contributed by atoms with Gasteiger partial charge in [-0.2, -0.15) is 0 Å². The van der Waals surface area contributed by atoms with Gasteiger partial charge in [0.15, 0.2) is 0 Å². The molecule has 0 saturated carbocycles. The van der Waals surface area contributed by atoms with Crippen LogP contribution in [0.15, 0.2) is 85.8 Å². The van der Waals surface area contributed by atoms with Crippen LogP contribution in [0.3, 0.4) is 0 Å². The fourth-order valence-electron chi connectivity index (χ4n) is 4.69. The van der Waals surface area contributed by atoms with E-state index in [2.05, 4.69) is 32.0 Å². The topological polar surface area (TPSA) is 112 Å². The number of aromatic amines is 2. The first-order chi connectivity index (χ1) is 18.8. The van der Waals surface area contributed by atoms with Gasteiger partial charge >= 0.3 is 5.69 Å². The Balaban J connectivity index is 1.62. The Kier molecular flexibility index (Phi) is 7.26. The Hall–Kier alpha value is -4.37. The molecule has 0 amide bonds. The van der Waals surface area contributed by atoms with E-state index in [0.717, 1.165) is 36.8 Å². The number of methoxy groups -OCH3 is 1. The molecule has 0 spiro atoms. The summed E-state index contributed by atoms with van der Waals surface area (Å²) in [4.78, 5) is 36.5. The minimum atomic E-state index is -0.755. The number of aromatic nitrogens is 3. The van der Waals surface area contributed by atoms with Gasteiger partial charge in [-0.3, -0.25) is 14.8 Å². The molecule has 198 valence electrons. The number of fused-ring (bicyclic) bond motifs is 1. The number of aromatic hydroxyl groups is 1. The van der Waals surface area contributed by atoms with Crippen LogP contribution in [0.5, 0.6) is 11.6 Å². The molecule has 3 N–H and O–H groups in total. The molecular formula is C30H27BrN4O4. The third kappa shape index (κ3) is 5.18. The molecule has 5 aromatic rings. The first-order valence-electron chi connectivity index (χ1n) is 12.4. The fourth-order valence-corrected chi connectivity index (χ4v) is 5.05. The largest absolute Gasteiger partial charge is 0.497 e. The van der Waals surface area contributed by atoms with Crippen molar-refractivity contribution >= 4 is 32.5 Å². The van der Waals surface area contributed by atoms with Crippen molar-refractivity contribution < 1.29 is 9.84 Å². The highest BCUT2D eigenvalue weighted by atomic mass is 79.9. The average Bonchev–Trinajstić information content (AvgIpc) is 3.22. The molecule has 0 saturated heterocycles. The minimum absolute atomic E-state index is 0.0762. The quantitative estimate of drug-likeness (QED) is 0.228. The molecule has 39 heavy (non-hydrogen) atoms. The van der Waals surface area contributed by atoms with Crippen LogP contribution in [-0.2, 0) is 6.42 Å². The molecule has 9 heteroatoms. The molecule has 0 fully saturated rings. The number of benzene rings is 3. The number of nitrogens with one attached hydrogen (secondary N) is 2. The van der Waals surface area contributed by atoms with E-state index in [1.807, 2.05) is 50.2 Å². The summed E-state index contributed by atoms with van der Waals surface area (Å²) in [6.07, 6.45) is 0.606. The summed E-state index contributed by atoms with van der Waals surface area (Å²) in [6.45, 7) is 4.34. The van der Waals surface area contributed by atoms with Gasteiger partial charge in [-0.15, -0.1) is 0 Å². The van der Waals surface area contributed by atoms with Gasteiger partial charge in [0.05, 0.1) is 18.5 Å². The maximum atomic E-state index is 13.1. The van der Waals surface area contributed by atoms with Gasteiger partial charge in [0, 0.05) is 33.2 Å². The van der Waals surface area contributed by atoms with E-state index < -0.39 is 17.1 Å². The fraction of sp³-hybridized carbons (Fsp3) is 0.167. The van der Waals surface area contributed by atoms with Gasteiger partial charge in [-0.25, -0.2) is 9.36 Å². The van der Waals surface area contributed by atoms with E-state index in [0.29, 0.717) is 35.7 Å². The van der Waals surface area contributed by atoms with Crippen LogP contribution in [0.4, 0.5) is 0 Å². The van der Waals surface area contributed by atoms with Crippen molar-refractivity contribution in [3.05, 3.63) is 120 Å². The highest BCUT2D eigenvalue weighted by molar-refractivity contribution is 9.10. The Bertz CT molecular complexity index is 1810. The van der Waals surface area contributed by atoms with Crippen LogP contribution in [-0.4, -0.2) is 39.0 Å². The lowest BCUT2D eigenvalue weighted by Crippen LogP contribution is -2.33. The summed E-state index contributed by atoms with van der Waals surface area (Å²) in [7, 11) is 1.54. The molecule has 3 aromatic carbocycles. The summed E-state index contributed by atoms with van der Waals surface area (Å²) < 4.78 is 7.24. The van der Waals surface area contributed by atoms with Gasteiger partial charge in [-0.1, -0.05) is 45.8 Å². The van der Waals surface area contributed by atoms with Gasteiger partial charge in [0.1, 0.15) is 11.3 Å². The molecule has 2 heterocycles. The zero-order valence-corrected chi connectivity index (χ0v) is 23.3. The first kappa shape index (κ1) is 26.2. The molecule has 0 bridgehead atoms. The number of ether oxygens (including phenoxy) is 1. The van der Waals surface area contributed by atoms with Gasteiger partial charge in [0.2, 0.25) is 5.88 Å². The molecule has 0 atom stereocenters. The number of aryl methyl sites for hydroxylation is 2. The highest BCUT2D eigenvalue weighted by Crippen LogP contribution is 2.27. The standard InChI is InChI=1S/C30H27BrN4O4/c1-17-4-6-19(7-5-17)27(32-15-14-23-18(2)33-25-13-8-20(31)16-24(23)25)26-28(36)34-30(38)35(29(26)37)21-9-11-22(39-3)12-10-21/h4-13,16,33,37H,14-15H2,1-3H3,(H,34,36,38). The third-order valence-electron chi connectivity index (χ3n) is 6.69. The number of halogens is 1. The van der Waals surface area contributed by atoms with Crippen molar-refractivity contribution in [2.75, 3.05) is 13.7 Å². The molecule has 0 aliphatic heterocycles. The summed E-state index contributed by atoms with van der Waals surface area (Å²) in [6, 6.07) is 20.2. The zero-order chi connectivity index (χ0) is 27.7. The normalized spacial score (nSPS) is 11.7. The number of rotatable bonds is 7. The smallest absolute Gasteiger partial charge is 0.335 e. The van der Waals surface area contributed by atoms with Crippen molar-refractivity contribution in [3.63, 3.8) is 0 Å². The number of hydrogen-bond acceptors (Lipinski definition) is 5. The zero-order valence-electron chi connectivity index (χ0n) is 21.7. The summed E-state index contributed by atoms with van der Waals surface area (Å²) in [5.74, 6) is 0.109. The van der Waals surface area contributed by atoms with E-state index in [1.165, 1.54) is 7.11 Å². The first-order valence-corrected chi connectivity index (χ1v) is 13.2. The van der Waals surface area contributed by atoms with E-state index >= 15 is 0 Å². The Labute approximate surface area is 232 Å². The number of hydrogen-bond donors (Lipinski definition) is 3. The second-order valence-electron chi connectivity index (χ2n) is 9.26. The van der Waals surface area contributed by atoms with Crippen LogP contribution in [0.25, 0.3) is 16.6 Å². The molecule has 0 aliphatic rings. The SMILES string of the molecule is COc1ccc(-n2c(O)c(C(=NCCc3c(C)[nH]c4ccc(Br)cc34)c3ccc(C)cc3)c(=O)[nH]c2=O)cc1. The maximum absolute atomic E-state index is 13.1. The molecule has 2 aromatic heterocycles. The summed E-state index contributed by atoms with van der Waals surface area (Å²) >= 11 is 3.55. The Morgan fingerprint density at radius 1 is 1.00 bits per heavy atom. The predicted octanol–water partition coefficient (Wildman–Crippen LogP) is 5.18. The van der Waals surface area contributed by atoms with Crippen molar-refractivity contribution in [2.24, 2.45) is 4.99 Å². The lowest BCUT2D eigenvalue weighted by atomic mass is 10.0. The Morgan fingerprint density at radius 3 is 2.41 bits per heavy atom. The number of H-pyrrole nitrogens is 2. The van der Waals surface area contributed by atoms with E-state index in [9.17, 15) is 14.7 Å². The van der Waals surface area contributed by atoms with Gasteiger partial charge in [0.25, 0.3) is 5.56 Å². The lowest BCUT2D eigenvalue weighted by Gasteiger charge is -2.14. The molecule has 5 rings (SSSR count). The van der Waals surface area contributed by atoms with Gasteiger partial charge < -0.3 is 14.8 Å². The summed E-state index contributed by atoms with van der Waals surface area (Å²) in [5.41, 5.74) is 4.03. The Morgan fingerprint density at radius 2 is 1.72 bits per heavy atom. The molecular weight excluding hydrogens is 560 g/mol. The molecule has 0 radical (unpaired) electrons. The maximum Gasteiger partial charge on any atom is 0.335 e. The molecule has 8 nitrogen and oxygen atoms in total. The number of aliphatic imine (C=N–C) groups is 1. The van der Waals surface area contributed by atoms with Crippen molar-refractivity contribution in [1.29, 1.82) is 0 Å². The van der Waals surface area contributed by atoms with E-state index in [-0.39, 0.29) is 5.56 Å². The van der Waals surface area contributed by atoms with Crippen LogP contribution < -0.4 is 16.0 Å². The minimum Gasteiger partial charge on any atom is -0.497 e. The predicted molar refractivity (Wildman–Crippen MR) is 157 cm³/mol. The van der Waals surface area contributed by atoms with Crippen molar-refractivity contribution in [3.8, 4) is 17.3 Å². The van der Waals surface area contributed by atoms with Crippen molar-refractivity contribution in [1.82, 2.24) is 14.5 Å². The van der Waals surface area contributed by atoms with Crippen LogP contribution in [0, 0.1) is 13.8 Å². The third-order valence-corrected chi connectivity index (χ3v) is 7.18. The number of nitrogens with zero attached hydrogens (tertiary/aromatic N) is 2. The second-order valence-corrected chi connectivity index (χ2v) is 10.2. The molecule has 0 unspecified atom stereocenters. The molecule has 0 aliphatic carbocycles. The van der Waals surface area contributed by atoms with Crippen molar-refractivity contribution in [2.45, 2.75) is 20.3 Å². The lowest BCUT2D eigenvalue weighted by molar-refractivity contribution is 0.414. The second kappa shape index (κ2) is 10.8. The van der Waals surface area contributed by atoms with Crippen LogP contribution in [0.2, 0.25) is 0 Å². The van der Waals surface area contributed by atoms with Crippen LogP contribution >= 0.6 is 15.9 Å². The van der Waals surface area contributed by atoms with E-state index in [4.69, 9.17) is 9.73 Å². The highest BCUT2D eigenvalue weighted by Gasteiger charge is 2.22. The monoisotopic (exact) mass is 586 g/mol. The van der Waals surface area contributed by atoms with E-state index in [1.54, 1.807) is 24.3 Å².